The molecule has 1 heterocycles. The predicted molar refractivity (Wildman–Crippen MR) is 106 cm³/mol. The molecule has 0 radical (unpaired) electrons. The molecule has 3 aromatic rings. The lowest BCUT2D eigenvalue weighted by atomic mass is 10.1. The van der Waals surface area contributed by atoms with E-state index in [-0.39, 0.29) is 17.3 Å². The molecule has 3 rings (SSSR count). The molecule has 0 fully saturated rings. The zero-order chi connectivity index (χ0) is 20.0. The molecule has 0 aliphatic carbocycles. The van der Waals surface area contributed by atoms with Crippen molar-refractivity contribution in [3.8, 4) is 5.75 Å². The number of ether oxygens (including phenoxy) is 1. The van der Waals surface area contributed by atoms with Crippen LogP contribution in [0.15, 0.2) is 77.8 Å². The van der Waals surface area contributed by atoms with Crippen LogP contribution in [0.3, 0.4) is 0 Å². The van der Waals surface area contributed by atoms with Gasteiger partial charge in [0.25, 0.3) is 5.91 Å². The molecule has 0 spiro atoms. The van der Waals surface area contributed by atoms with E-state index in [1.54, 1.807) is 60.8 Å². The number of carbonyl (C=O) groups excluding carboxylic acids is 1. The lowest BCUT2D eigenvalue weighted by Gasteiger charge is -2.09. The van der Waals surface area contributed by atoms with Gasteiger partial charge in [-0.05, 0) is 54.1 Å². The third-order valence-corrected chi connectivity index (χ3v) is 5.38. The van der Waals surface area contributed by atoms with Crippen molar-refractivity contribution >= 4 is 21.7 Å². The average molecular weight is 397 g/mol. The van der Waals surface area contributed by atoms with Crippen LogP contribution < -0.4 is 14.8 Å². The van der Waals surface area contributed by atoms with Crippen molar-refractivity contribution in [2.24, 2.45) is 0 Å². The normalized spacial score (nSPS) is 11.0. The van der Waals surface area contributed by atoms with Crippen LogP contribution in [0.5, 0.6) is 5.75 Å². The summed E-state index contributed by atoms with van der Waals surface area (Å²) in [7, 11) is -2.13. The molecule has 0 atom stereocenters. The number of anilines is 1. The number of amides is 1. The van der Waals surface area contributed by atoms with E-state index in [2.05, 4.69) is 15.0 Å². The average Bonchev–Trinajstić information content (AvgIpc) is 2.73. The van der Waals surface area contributed by atoms with Crippen molar-refractivity contribution in [1.29, 1.82) is 0 Å². The van der Waals surface area contributed by atoms with E-state index in [0.717, 1.165) is 5.56 Å². The molecule has 0 bridgehead atoms. The fourth-order valence-electron chi connectivity index (χ4n) is 2.42. The number of nitrogens with one attached hydrogen (secondary N) is 2. The van der Waals surface area contributed by atoms with Crippen molar-refractivity contribution < 1.29 is 17.9 Å². The van der Waals surface area contributed by atoms with Crippen LogP contribution in [0.2, 0.25) is 0 Å². The Morgan fingerprint density at radius 1 is 1.00 bits per heavy atom. The Hall–Kier alpha value is -3.23. The third kappa shape index (κ3) is 4.93. The maximum absolute atomic E-state index is 12.4. The van der Waals surface area contributed by atoms with E-state index in [0.29, 0.717) is 17.1 Å². The molecule has 0 aliphatic rings. The van der Waals surface area contributed by atoms with Crippen molar-refractivity contribution in [2.75, 3.05) is 12.4 Å². The number of aromatic nitrogens is 1. The van der Waals surface area contributed by atoms with Crippen LogP contribution in [0.25, 0.3) is 0 Å². The molecule has 144 valence electrons. The van der Waals surface area contributed by atoms with Crippen LogP contribution in [-0.4, -0.2) is 26.4 Å². The van der Waals surface area contributed by atoms with E-state index < -0.39 is 10.0 Å². The van der Waals surface area contributed by atoms with Crippen molar-refractivity contribution in [1.82, 2.24) is 9.71 Å². The highest BCUT2D eigenvalue weighted by molar-refractivity contribution is 7.89. The van der Waals surface area contributed by atoms with Gasteiger partial charge in [-0.25, -0.2) is 18.1 Å². The van der Waals surface area contributed by atoms with E-state index >= 15 is 0 Å². The van der Waals surface area contributed by atoms with Gasteiger partial charge in [0, 0.05) is 18.3 Å². The lowest BCUT2D eigenvalue weighted by Crippen LogP contribution is -2.23. The Kier molecular flexibility index (Phi) is 6.03. The van der Waals surface area contributed by atoms with Crippen molar-refractivity contribution in [3.05, 3.63) is 84.1 Å². The van der Waals surface area contributed by atoms with Gasteiger partial charge in [0.2, 0.25) is 10.0 Å². The second-order valence-corrected chi connectivity index (χ2v) is 7.63. The first-order chi connectivity index (χ1) is 13.5. The monoisotopic (exact) mass is 397 g/mol. The Labute approximate surface area is 163 Å². The maximum atomic E-state index is 12.4. The Morgan fingerprint density at radius 2 is 1.71 bits per heavy atom. The summed E-state index contributed by atoms with van der Waals surface area (Å²) in [5, 5.41) is 2.69. The van der Waals surface area contributed by atoms with E-state index in [1.165, 1.54) is 19.2 Å². The zero-order valence-corrected chi connectivity index (χ0v) is 15.9. The Morgan fingerprint density at radius 3 is 2.32 bits per heavy atom. The minimum Gasteiger partial charge on any atom is -0.497 e. The topological polar surface area (TPSA) is 97.4 Å². The highest BCUT2D eigenvalue weighted by Gasteiger charge is 2.14. The van der Waals surface area contributed by atoms with Crippen LogP contribution in [0.4, 0.5) is 5.82 Å². The van der Waals surface area contributed by atoms with E-state index in [9.17, 15) is 13.2 Å². The molecule has 0 saturated heterocycles. The largest absolute Gasteiger partial charge is 0.497 e. The summed E-state index contributed by atoms with van der Waals surface area (Å²) in [6.45, 7) is 0.108. The first-order valence-corrected chi connectivity index (χ1v) is 9.91. The quantitative estimate of drug-likeness (QED) is 0.639. The summed E-state index contributed by atoms with van der Waals surface area (Å²) in [6, 6.07) is 18.0. The van der Waals surface area contributed by atoms with Gasteiger partial charge in [-0.15, -0.1) is 0 Å². The summed E-state index contributed by atoms with van der Waals surface area (Å²) >= 11 is 0. The van der Waals surface area contributed by atoms with Crippen LogP contribution in [0, 0.1) is 0 Å². The number of sulfonamides is 1. The minimum absolute atomic E-state index is 0.108. The Bertz CT molecular complexity index is 1040. The first-order valence-electron chi connectivity index (χ1n) is 8.43. The molecule has 8 heteroatoms. The molecule has 1 amide bonds. The number of hydrogen-bond donors (Lipinski definition) is 2. The number of rotatable bonds is 7. The lowest BCUT2D eigenvalue weighted by molar-refractivity contribution is 0.102. The molecule has 0 saturated carbocycles. The highest BCUT2D eigenvalue weighted by atomic mass is 32.2. The summed E-state index contributed by atoms with van der Waals surface area (Å²) in [5.41, 5.74) is 1.18. The molecule has 1 aromatic heterocycles. The van der Waals surface area contributed by atoms with Gasteiger partial charge in [0.05, 0.1) is 12.0 Å². The number of nitrogens with zero attached hydrogens (tertiary/aromatic N) is 1. The third-order valence-electron chi connectivity index (χ3n) is 3.96. The number of benzene rings is 2. The van der Waals surface area contributed by atoms with Gasteiger partial charge in [-0.1, -0.05) is 18.2 Å². The molecule has 0 unspecified atom stereocenters. The first kappa shape index (κ1) is 19.5. The molecule has 0 aliphatic heterocycles. The van der Waals surface area contributed by atoms with Crippen LogP contribution in [0.1, 0.15) is 15.9 Å². The molecule has 2 N–H and O–H groups in total. The van der Waals surface area contributed by atoms with E-state index in [1.807, 2.05) is 0 Å². The van der Waals surface area contributed by atoms with Gasteiger partial charge in [0.15, 0.2) is 0 Å². The number of pyridine rings is 1. The number of hydrogen-bond acceptors (Lipinski definition) is 5. The van der Waals surface area contributed by atoms with Gasteiger partial charge in [0.1, 0.15) is 11.6 Å². The van der Waals surface area contributed by atoms with Crippen LogP contribution in [-0.2, 0) is 16.6 Å². The van der Waals surface area contributed by atoms with Gasteiger partial charge in [-0.2, -0.15) is 0 Å². The summed E-state index contributed by atoms with van der Waals surface area (Å²) in [4.78, 5) is 16.4. The molecular weight excluding hydrogens is 378 g/mol. The fourth-order valence-corrected chi connectivity index (χ4v) is 3.43. The van der Waals surface area contributed by atoms with Gasteiger partial charge >= 0.3 is 0 Å². The molecule has 2 aromatic carbocycles. The predicted octanol–water partition coefficient (Wildman–Crippen LogP) is 2.82. The van der Waals surface area contributed by atoms with E-state index in [4.69, 9.17) is 4.74 Å². The fraction of sp³-hybridized carbons (Fsp3) is 0.100. The second kappa shape index (κ2) is 8.64. The molecular formula is C20H19N3O4S. The van der Waals surface area contributed by atoms with Gasteiger partial charge < -0.3 is 10.1 Å². The van der Waals surface area contributed by atoms with Crippen molar-refractivity contribution in [2.45, 2.75) is 11.4 Å². The highest BCUT2D eigenvalue weighted by Crippen LogP contribution is 2.16. The van der Waals surface area contributed by atoms with Crippen molar-refractivity contribution in [3.63, 3.8) is 0 Å². The minimum atomic E-state index is -3.64. The Balaban J connectivity index is 1.61. The molecule has 28 heavy (non-hydrogen) atoms. The smallest absolute Gasteiger partial charge is 0.256 e. The summed E-state index contributed by atoms with van der Waals surface area (Å²) in [5.74, 6) is 0.756. The van der Waals surface area contributed by atoms with Crippen LogP contribution >= 0.6 is 0 Å². The standard InChI is InChI=1S/C20H19N3O4S/c1-27-17-9-11-18(12-10-17)28(25,26)22-14-15-5-7-16(8-6-15)20(24)23-19-4-2-3-13-21-19/h2-13,22H,14H2,1H3,(H,21,23,24). The zero-order valence-electron chi connectivity index (χ0n) is 15.1. The number of carbonyl (C=O) groups is 1. The second-order valence-electron chi connectivity index (χ2n) is 5.87. The van der Waals surface area contributed by atoms with Gasteiger partial charge in [-0.3, -0.25) is 4.79 Å². The SMILES string of the molecule is COc1ccc(S(=O)(=O)NCc2ccc(C(=O)Nc3ccccn3)cc2)cc1. The number of methoxy groups -OCH3 is 1. The molecule has 7 nitrogen and oxygen atoms in total. The summed E-state index contributed by atoms with van der Waals surface area (Å²) < 4.78 is 32.3. The summed E-state index contributed by atoms with van der Waals surface area (Å²) in [6.07, 6.45) is 1.59. The maximum Gasteiger partial charge on any atom is 0.256 e.